The molecule has 2 unspecified atom stereocenters. The quantitative estimate of drug-likeness (QED) is 0.635. The van der Waals surface area contributed by atoms with Gasteiger partial charge < -0.3 is 4.90 Å². The molecule has 0 aromatic rings. The average Bonchev–Trinajstić information content (AvgIpc) is 2.02. The Hall–Kier alpha value is -0.0400. The highest BCUT2D eigenvalue weighted by Crippen LogP contribution is 2.20. The SMILES string of the molecule is CC(C)C(C)C(C)CN(C)C(C)C. The van der Waals surface area contributed by atoms with Crippen molar-refractivity contribution in [2.24, 2.45) is 17.8 Å². The van der Waals surface area contributed by atoms with E-state index in [0.717, 1.165) is 17.8 Å². The number of nitrogens with zero attached hydrogens (tertiary/aromatic N) is 1. The smallest absolute Gasteiger partial charge is 0.00356 e. The van der Waals surface area contributed by atoms with Crippen molar-refractivity contribution in [3.8, 4) is 0 Å². The first-order valence-corrected chi connectivity index (χ1v) is 5.56. The van der Waals surface area contributed by atoms with Gasteiger partial charge in [-0.3, -0.25) is 0 Å². The Kier molecular flexibility index (Phi) is 5.62. The van der Waals surface area contributed by atoms with Gasteiger partial charge in [0.1, 0.15) is 0 Å². The van der Waals surface area contributed by atoms with Crippen molar-refractivity contribution in [2.45, 2.75) is 47.6 Å². The van der Waals surface area contributed by atoms with Gasteiger partial charge in [0.15, 0.2) is 0 Å². The van der Waals surface area contributed by atoms with Crippen molar-refractivity contribution in [1.29, 1.82) is 0 Å². The second-order valence-electron chi connectivity index (χ2n) is 5.11. The molecular formula is C12H27N. The minimum absolute atomic E-state index is 0.668. The minimum Gasteiger partial charge on any atom is -0.304 e. The maximum Gasteiger partial charge on any atom is 0.00356 e. The van der Waals surface area contributed by atoms with Crippen molar-refractivity contribution in [3.63, 3.8) is 0 Å². The molecule has 0 N–H and O–H groups in total. The van der Waals surface area contributed by atoms with Gasteiger partial charge in [-0.2, -0.15) is 0 Å². The fourth-order valence-corrected chi connectivity index (χ4v) is 1.49. The van der Waals surface area contributed by atoms with Gasteiger partial charge in [0.25, 0.3) is 0 Å². The molecule has 1 heteroatoms. The van der Waals surface area contributed by atoms with Crippen LogP contribution in [-0.4, -0.2) is 24.5 Å². The van der Waals surface area contributed by atoms with Gasteiger partial charge in [-0.25, -0.2) is 0 Å². The highest BCUT2D eigenvalue weighted by Gasteiger charge is 2.17. The highest BCUT2D eigenvalue weighted by molar-refractivity contribution is 4.69. The van der Waals surface area contributed by atoms with E-state index < -0.39 is 0 Å². The molecule has 0 aromatic carbocycles. The molecule has 0 aromatic heterocycles. The van der Waals surface area contributed by atoms with E-state index in [2.05, 4.69) is 53.5 Å². The zero-order valence-electron chi connectivity index (χ0n) is 10.5. The van der Waals surface area contributed by atoms with Crippen LogP contribution in [0, 0.1) is 17.8 Å². The molecule has 2 atom stereocenters. The molecular weight excluding hydrogens is 158 g/mol. The predicted octanol–water partition coefficient (Wildman–Crippen LogP) is 3.25. The summed E-state index contributed by atoms with van der Waals surface area (Å²) in [5.74, 6) is 2.42. The van der Waals surface area contributed by atoms with Gasteiger partial charge in [0, 0.05) is 12.6 Å². The van der Waals surface area contributed by atoms with Gasteiger partial charge in [0.2, 0.25) is 0 Å². The number of hydrogen-bond acceptors (Lipinski definition) is 1. The van der Waals surface area contributed by atoms with Gasteiger partial charge in [0.05, 0.1) is 0 Å². The standard InChI is InChI=1S/C12H27N/c1-9(2)12(6)11(5)8-13(7)10(3)4/h9-12H,8H2,1-7H3. The van der Waals surface area contributed by atoms with Crippen molar-refractivity contribution in [2.75, 3.05) is 13.6 Å². The third-order valence-electron chi connectivity index (χ3n) is 3.41. The van der Waals surface area contributed by atoms with E-state index in [1.807, 2.05) is 0 Å². The predicted molar refractivity (Wildman–Crippen MR) is 60.9 cm³/mol. The van der Waals surface area contributed by atoms with Crippen LogP contribution in [0.15, 0.2) is 0 Å². The summed E-state index contributed by atoms with van der Waals surface area (Å²) in [5, 5.41) is 0. The zero-order chi connectivity index (χ0) is 10.6. The summed E-state index contributed by atoms with van der Waals surface area (Å²) in [5.41, 5.74) is 0. The first-order chi connectivity index (χ1) is 5.86. The second kappa shape index (κ2) is 5.64. The maximum atomic E-state index is 2.43. The van der Waals surface area contributed by atoms with Crippen molar-refractivity contribution >= 4 is 0 Å². The third-order valence-corrected chi connectivity index (χ3v) is 3.41. The van der Waals surface area contributed by atoms with Crippen LogP contribution < -0.4 is 0 Å². The molecule has 0 aliphatic rings. The molecule has 0 amide bonds. The van der Waals surface area contributed by atoms with Crippen LogP contribution in [0.3, 0.4) is 0 Å². The molecule has 0 saturated carbocycles. The van der Waals surface area contributed by atoms with Gasteiger partial charge in [-0.05, 0) is 38.6 Å². The van der Waals surface area contributed by atoms with Crippen LogP contribution in [0.1, 0.15) is 41.5 Å². The zero-order valence-corrected chi connectivity index (χ0v) is 10.5. The van der Waals surface area contributed by atoms with Gasteiger partial charge >= 0.3 is 0 Å². The summed E-state index contributed by atoms with van der Waals surface area (Å²) < 4.78 is 0. The Morgan fingerprint density at radius 2 is 1.38 bits per heavy atom. The van der Waals surface area contributed by atoms with E-state index in [1.54, 1.807) is 0 Å². The van der Waals surface area contributed by atoms with Crippen molar-refractivity contribution in [3.05, 3.63) is 0 Å². The highest BCUT2D eigenvalue weighted by atomic mass is 15.1. The summed E-state index contributed by atoms with van der Waals surface area (Å²) in [4.78, 5) is 2.43. The molecule has 0 bridgehead atoms. The van der Waals surface area contributed by atoms with Gasteiger partial charge in [-0.15, -0.1) is 0 Å². The molecule has 13 heavy (non-hydrogen) atoms. The summed E-state index contributed by atoms with van der Waals surface area (Å²) in [6, 6.07) is 0.668. The molecule has 0 spiro atoms. The Morgan fingerprint density at radius 1 is 0.923 bits per heavy atom. The number of rotatable bonds is 5. The van der Waals surface area contributed by atoms with Crippen LogP contribution >= 0.6 is 0 Å². The van der Waals surface area contributed by atoms with Gasteiger partial charge in [-0.1, -0.05) is 27.7 Å². The van der Waals surface area contributed by atoms with Crippen molar-refractivity contribution in [1.82, 2.24) is 4.90 Å². The topological polar surface area (TPSA) is 3.24 Å². The van der Waals surface area contributed by atoms with E-state index in [1.165, 1.54) is 6.54 Å². The van der Waals surface area contributed by atoms with E-state index in [0.29, 0.717) is 6.04 Å². The molecule has 0 saturated heterocycles. The second-order valence-corrected chi connectivity index (χ2v) is 5.11. The molecule has 80 valence electrons. The lowest BCUT2D eigenvalue weighted by Crippen LogP contribution is -2.33. The van der Waals surface area contributed by atoms with Crippen LogP contribution in [0.25, 0.3) is 0 Å². The van der Waals surface area contributed by atoms with Crippen LogP contribution in [0.4, 0.5) is 0 Å². The summed E-state index contributed by atoms with van der Waals surface area (Å²) in [6.07, 6.45) is 0. The Balaban J connectivity index is 3.92. The molecule has 0 aliphatic heterocycles. The first-order valence-electron chi connectivity index (χ1n) is 5.56. The fourth-order valence-electron chi connectivity index (χ4n) is 1.49. The van der Waals surface area contributed by atoms with Crippen LogP contribution in [-0.2, 0) is 0 Å². The van der Waals surface area contributed by atoms with E-state index in [9.17, 15) is 0 Å². The lowest BCUT2D eigenvalue weighted by atomic mass is 9.86. The average molecular weight is 185 g/mol. The normalized spacial score (nSPS) is 17.1. The summed E-state index contributed by atoms with van der Waals surface area (Å²) in [6.45, 7) is 15.1. The lowest BCUT2D eigenvalue weighted by molar-refractivity contribution is 0.182. The summed E-state index contributed by atoms with van der Waals surface area (Å²) >= 11 is 0. The molecule has 1 nitrogen and oxygen atoms in total. The molecule has 0 rings (SSSR count). The van der Waals surface area contributed by atoms with Crippen molar-refractivity contribution < 1.29 is 0 Å². The van der Waals surface area contributed by atoms with E-state index in [4.69, 9.17) is 0 Å². The van der Waals surface area contributed by atoms with E-state index in [-0.39, 0.29) is 0 Å². The van der Waals surface area contributed by atoms with E-state index >= 15 is 0 Å². The monoisotopic (exact) mass is 185 g/mol. The Morgan fingerprint density at radius 3 is 1.69 bits per heavy atom. The molecule has 0 fully saturated rings. The molecule has 0 aliphatic carbocycles. The van der Waals surface area contributed by atoms with Crippen LogP contribution in [0.2, 0.25) is 0 Å². The fraction of sp³-hybridized carbons (Fsp3) is 1.00. The summed E-state index contributed by atoms with van der Waals surface area (Å²) in [7, 11) is 2.22. The molecule has 0 radical (unpaired) electrons. The van der Waals surface area contributed by atoms with Crippen LogP contribution in [0.5, 0.6) is 0 Å². The number of hydrogen-bond donors (Lipinski definition) is 0. The maximum absolute atomic E-state index is 2.43. The lowest BCUT2D eigenvalue weighted by Gasteiger charge is -2.30. The Labute approximate surface area is 84.5 Å². The first kappa shape index (κ1) is 13.0. The Bertz CT molecular complexity index is 129. The third kappa shape index (κ3) is 4.66. The largest absolute Gasteiger partial charge is 0.304 e. The molecule has 0 heterocycles. The minimum atomic E-state index is 0.668.